The van der Waals surface area contributed by atoms with Gasteiger partial charge in [0.1, 0.15) is 18.1 Å². The number of hydrogen-bond acceptors (Lipinski definition) is 7. The van der Waals surface area contributed by atoms with Crippen molar-refractivity contribution in [1.82, 2.24) is 20.9 Å². The molecule has 0 aliphatic rings. The number of carboxylic acids is 1. The number of unbranched alkanes of at least 4 members (excludes halogenated alkanes) is 1. The lowest BCUT2D eigenvalue weighted by Crippen LogP contribution is -2.58. The van der Waals surface area contributed by atoms with Crippen molar-refractivity contribution in [3.05, 3.63) is 36.0 Å². The van der Waals surface area contributed by atoms with Crippen LogP contribution < -0.4 is 33.2 Å². The van der Waals surface area contributed by atoms with E-state index in [1.54, 1.807) is 6.20 Å². The smallest absolute Gasteiger partial charge is 0.326 e. The number of aliphatic carboxylic acids is 1. The van der Waals surface area contributed by atoms with Crippen LogP contribution in [0, 0.1) is 5.92 Å². The molecule has 13 nitrogen and oxygen atoms in total. The minimum atomic E-state index is -1.44. The summed E-state index contributed by atoms with van der Waals surface area (Å²) in [7, 11) is 0. The average Bonchev–Trinajstić information content (AvgIpc) is 3.29. The van der Waals surface area contributed by atoms with E-state index in [2.05, 4.69) is 20.9 Å². The molecule has 0 fully saturated rings. The summed E-state index contributed by atoms with van der Waals surface area (Å²) in [6.45, 7) is 4.07. The molecule has 0 aliphatic heterocycles. The number of fused-ring (bicyclic) bond motifs is 1. The summed E-state index contributed by atoms with van der Waals surface area (Å²) in [5, 5.41) is 17.9. The maximum Gasteiger partial charge on any atom is 0.326 e. The highest BCUT2D eigenvalue weighted by Gasteiger charge is 2.31. The van der Waals surface area contributed by atoms with Crippen LogP contribution in [0.15, 0.2) is 30.5 Å². The third kappa shape index (κ3) is 9.97. The summed E-state index contributed by atoms with van der Waals surface area (Å²) in [6.07, 6.45) is 2.81. The molecule has 0 aliphatic carbocycles. The van der Waals surface area contributed by atoms with Crippen molar-refractivity contribution < 1.29 is 29.1 Å². The first-order valence-electron chi connectivity index (χ1n) is 13.4. The predicted molar refractivity (Wildman–Crippen MR) is 150 cm³/mol. The number of nitrogens with one attached hydrogen (secondary N) is 4. The third-order valence-corrected chi connectivity index (χ3v) is 6.39. The number of amides is 4. The highest BCUT2D eigenvalue weighted by molar-refractivity contribution is 5.96. The van der Waals surface area contributed by atoms with E-state index in [0.717, 1.165) is 16.5 Å². The normalized spacial score (nSPS) is 14.2. The number of nitrogens with two attached hydrogens (primary N) is 3. The molecule has 1 aromatic carbocycles. The first-order valence-corrected chi connectivity index (χ1v) is 13.4. The van der Waals surface area contributed by atoms with Crippen molar-refractivity contribution in [1.29, 1.82) is 0 Å². The molecule has 0 radical (unpaired) electrons. The Bertz CT molecular complexity index is 1180. The number of aromatic nitrogens is 1. The second-order valence-corrected chi connectivity index (χ2v) is 10.3. The molecule has 0 spiro atoms. The van der Waals surface area contributed by atoms with Crippen molar-refractivity contribution in [2.75, 3.05) is 6.54 Å². The zero-order valence-electron chi connectivity index (χ0n) is 22.9. The SMILES string of the molecule is CC(C)CC(NC(=O)C(N)Cc1c[nH]c2ccccc12)C(=O)NC(CC(N)=O)C(=O)NC(CCCCN)C(=O)O. The molecule has 4 amide bonds. The summed E-state index contributed by atoms with van der Waals surface area (Å²) in [6, 6.07) is 2.89. The van der Waals surface area contributed by atoms with Gasteiger partial charge in [-0.25, -0.2) is 4.79 Å². The van der Waals surface area contributed by atoms with Crippen molar-refractivity contribution >= 4 is 40.5 Å². The summed E-state index contributed by atoms with van der Waals surface area (Å²) in [5.41, 5.74) is 18.7. The van der Waals surface area contributed by atoms with Crippen molar-refractivity contribution in [2.24, 2.45) is 23.1 Å². The minimum Gasteiger partial charge on any atom is -0.480 e. The van der Waals surface area contributed by atoms with Crippen LogP contribution in [0.2, 0.25) is 0 Å². The van der Waals surface area contributed by atoms with Crippen molar-refractivity contribution in [2.45, 2.75) is 76.5 Å². The number of carbonyl (C=O) groups is 5. The lowest BCUT2D eigenvalue weighted by molar-refractivity contribution is -0.142. The largest absolute Gasteiger partial charge is 0.480 e. The van der Waals surface area contributed by atoms with Gasteiger partial charge in [-0.1, -0.05) is 32.0 Å². The van der Waals surface area contributed by atoms with Gasteiger partial charge in [-0.2, -0.15) is 0 Å². The van der Waals surface area contributed by atoms with Crippen LogP contribution in [0.25, 0.3) is 10.9 Å². The third-order valence-electron chi connectivity index (χ3n) is 6.39. The lowest BCUT2D eigenvalue weighted by Gasteiger charge is -2.25. The standard InChI is InChI=1S/C27H41N7O6/c1-15(2)11-21(33-24(36)18(29)12-16-14-31-19-8-4-3-7-17(16)19)25(37)34-22(13-23(30)35)26(38)32-20(27(39)40)9-5-6-10-28/h3-4,7-8,14-15,18,20-22,31H,5-6,9-13,28-29H2,1-2H3,(H2,30,35)(H,32,38)(H,33,36)(H,34,37)(H,39,40). The second-order valence-electron chi connectivity index (χ2n) is 10.3. The van der Waals surface area contributed by atoms with Crippen LogP contribution in [-0.4, -0.2) is 70.4 Å². The second kappa shape index (κ2) is 15.6. The number of primary amides is 1. The van der Waals surface area contributed by atoms with Gasteiger partial charge in [0.2, 0.25) is 23.6 Å². The van der Waals surface area contributed by atoms with Crippen LogP contribution in [-0.2, 0) is 30.4 Å². The Labute approximate surface area is 233 Å². The summed E-state index contributed by atoms with van der Waals surface area (Å²) in [5.74, 6) is -4.32. The van der Waals surface area contributed by atoms with E-state index in [9.17, 15) is 29.1 Å². The monoisotopic (exact) mass is 559 g/mol. The molecule has 2 aromatic rings. The fourth-order valence-electron chi connectivity index (χ4n) is 4.32. The van der Waals surface area contributed by atoms with Gasteiger partial charge in [-0.3, -0.25) is 19.2 Å². The molecule has 1 aromatic heterocycles. The predicted octanol–water partition coefficient (Wildman–Crippen LogP) is -0.373. The minimum absolute atomic E-state index is 0.0248. The molecule has 2 rings (SSSR count). The van der Waals surface area contributed by atoms with Crippen LogP contribution >= 0.6 is 0 Å². The fourth-order valence-corrected chi connectivity index (χ4v) is 4.32. The lowest BCUT2D eigenvalue weighted by atomic mass is 10.0. The number of benzene rings is 1. The highest BCUT2D eigenvalue weighted by Crippen LogP contribution is 2.19. The number of H-pyrrole nitrogens is 1. The van der Waals surface area contributed by atoms with Gasteiger partial charge in [-0.05, 0) is 56.2 Å². The molecule has 4 unspecified atom stereocenters. The van der Waals surface area contributed by atoms with Gasteiger partial charge in [-0.15, -0.1) is 0 Å². The highest BCUT2D eigenvalue weighted by atomic mass is 16.4. The number of aromatic amines is 1. The van der Waals surface area contributed by atoms with Crippen LogP contribution in [0.5, 0.6) is 0 Å². The molecule has 0 saturated carbocycles. The maximum atomic E-state index is 13.2. The van der Waals surface area contributed by atoms with E-state index >= 15 is 0 Å². The first kappa shape index (κ1) is 32.2. The Morgan fingerprint density at radius 3 is 2.17 bits per heavy atom. The van der Waals surface area contributed by atoms with Crippen LogP contribution in [0.1, 0.15) is 51.5 Å². The van der Waals surface area contributed by atoms with Gasteiger partial charge >= 0.3 is 5.97 Å². The van der Waals surface area contributed by atoms with E-state index in [-0.39, 0.29) is 25.2 Å². The molecular formula is C27H41N7O6. The van der Waals surface area contributed by atoms with E-state index < -0.39 is 60.2 Å². The van der Waals surface area contributed by atoms with Crippen LogP contribution in [0.3, 0.4) is 0 Å². The van der Waals surface area contributed by atoms with Gasteiger partial charge < -0.3 is 43.2 Å². The van der Waals surface area contributed by atoms with Crippen molar-refractivity contribution in [3.8, 4) is 0 Å². The van der Waals surface area contributed by atoms with Gasteiger partial charge in [0.05, 0.1) is 12.5 Å². The molecule has 4 atom stereocenters. The molecular weight excluding hydrogens is 518 g/mol. The Morgan fingerprint density at radius 1 is 0.925 bits per heavy atom. The van der Waals surface area contributed by atoms with Gasteiger partial charge in [0.25, 0.3) is 0 Å². The van der Waals surface area contributed by atoms with Crippen LogP contribution in [0.4, 0.5) is 0 Å². The Hall–Kier alpha value is -3.97. The zero-order valence-corrected chi connectivity index (χ0v) is 22.9. The number of carboxylic acid groups (broad SMARTS) is 1. The number of para-hydroxylation sites is 1. The van der Waals surface area contributed by atoms with Gasteiger partial charge in [0, 0.05) is 17.1 Å². The number of carbonyl (C=O) groups excluding carboxylic acids is 4. The molecule has 13 heteroatoms. The summed E-state index contributed by atoms with van der Waals surface area (Å²) < 4.78 is 0. The van der Waals surface area contributed by atoms with E-state index in [0.29, 0.717) is 19.4 Å². The molecule has 11 N–H and O–H groups in total. The zero-order chi connectivity index (χ0) is 29.8. The van der Waals surface area contributed by atoms with Crippen molar-refractivity contribution in [3.63, 3.8) is 0 Å². The first-order chi connectivity index (χ1) is 18.9. The Kier molecular flexibility index (Phi) is 12.6. The molecule has 220 valence electrons. The number of rotatable bonds is 17. The molecule has 0 saturated heterocycles. The summed E-state index contributed by atoms with van der Waals surface area (Å²) >= 11 is 0. The Balaban J connectivity index is 2.11. The quantitative estimate of drug-likeness (QED) is 0.119. The molecule has 40 heavy (non-hydrogen) atoms. The van der Waals surface area contributed by atoms with Gasteiger partial charge in [0.15, 0.2) is 0 Å². The fraction of sp³-hybridized carbons (Fsp3) is 0.519. The topological polar surface area (TPSA) is 236 Å². The van der Waals surface area contributed by atoms with E-state index in [1.165, 1.54) is 0 Å². The average molecular weight is 560 g/mol. The Morgan fingerprint density at radius 2 is 1.55 bits per heavy atom. The maximum absolute atomic E-state index is 13.2. The summed E-state index contributed by atoms with van der Waals surface area (Å²) in [4.78, 5) is 65.5. The molecule has 0 bridgehead atoms. The molecule has 1 heterocycles. The number of hydrogen-bond donors (Lipinski definition) is 8. The van der Waals surface area contributed by atoms with E-state index in [4.69, 9.17) is 17.2 Å². The van der Waals surface area contributed by atoms with E-state index in [1.807, 2.05) is 38.1 Å².